The van der Waals surface area contributed by atoms with Crippen LogP contribution in [0, 0.1) is 5.92 Å². The van der Waals surface area contributed by atoms with E-state index in [0.717, 1.165) is 35.7 Å². The van der Waals surface area contributed by atoms with Crippen molar-refractivity contribution in [3.05, 3.63) is 88.9 Å². The first kappa shape index (κ1) is 22.3. The highest BCUT2D eigenvalue weighted by molar-refractivity contribution is 6.41. The summed E-state index contributed by atoms with van der Waals surface area (Å²) in [6.07, 6.45) is 0.902. The molecule has 3 aromatic carbocycles. The zero-order chi connectivity index (χ0) is 23.7. The van der Waals surface area contributed by atoms with Crippen molar-refractivity contribution in [1.29, 1.82) is 0 Å². The number of halogens is 1. The van der Waals surface area contributed by atoms with Crippen molar-refractivity contribution < 1.29 is 9.53 Å². The highest BCUT2D eigenvalue weighted by atomic mass is 35.5. The number of benzene rings is 3. The van der Waals surface area contributed by atoms with Crippen molar-refractivity contribution in [2.45, 2.75) is 26.3 Å². The predicted molar refractivity (Wildman–Crippen MR) is 137 cm³/mol. The van der Waals surface area contributed by atoms with E-state index < -0.39 is 0 Å². The van der Waals surface area contributed by atoms with Crippen molar-refractivity contribution in [3.63, 3.8) is 0 Å². The third kappa shape index (κ3) is 4.10. The van der Waals surface area contributed by atoms with Gasteiger partial charge in [-0.15, -0.1) is 0 Å². The Bertz CT molecular complexity index is 1230. The van der Waals surface area contributed by atoms with Crippen LogP contribution in [0.5, 0.6) is 5.75 Å². The van der Waals surface area contributed by atoms with Gasteiger partial charge in [-0.3, -0.25) is 20.2 Å². The van der Waals surface area contributed by atoms with Crippen molar-refractivity contribution in [1.82, 2.24) is 5.43 Å². The molecule has 0 aromatic heterocycles. The smallest absolute Gasteiger partial charge is 0.286 e. The van der Waals surface area contributed by atoms with Crippen LogP contribution in [0.25, 0.3) is 0 Å². The Morgan fingerprint density at radius 1 is 1.06 bits per heavy atom. The molecule has 2 atom stereocenters. The van der Waals surface area contributed by atoms with Crippen LogP contribution in [-0.2, 0) is 11.2 Å². The number of hydrazone groups is 1. The zero-order valence-electron chi connectivity index (χ0n) is 19.2. The highest BCUT2D eigenvalue weighted by Crippen LogP contribution is 2.42. The number of carbonyl (C=O) groups is 1. The number of rotatable bonds is 6. The monoisotopic (exact) mass is 474 g/mol. The molecule has 34 heavy (non-hydrogen) atoms. The molecule has 2 heterocycles. The van der Waals surface area contributed by atoms with E-state index in [9.17, 15) is 4.79 Å². The van der Waals surface area contributed by atoms with Gasteiger partial charge >= 0.3 is 0 Å². The first-order valence-corrected chi connectivity index (χ1v) is 12.0. The number of hydrogen-bond donors (Lipinski definition) is 1. The second-order valence-corrected chi connectivity index (χ2v) is 8.90. The third-order valence-corrected chi connectivity index (χ3v) is 6.69. The lowest BCUT2D eigenvalue weighted by atomic mass is 9.91. The summed E-state index contributed by atoms with van der Waals surface area (Å²) >= 11 is 6.55. The molecule has 3 aromatic rings. The average molecular weight is 475 g/mol. The number of para-hydroxylation sites is 2. The van der Waals surface area contributed by atoms with Gasteiger partial charge in [-0.1, -0.05) is 61.0 Å². The summed E-state index contributed by atoms with van der Waals surface area (Å²) in [5.41, 5.74) is 7.62. The predicted octanol–water partition coefficient (Wildman–Crippen LogP) is 5.39. The summed E-state index contributed by atoms with van der Waals surface area (Å²) in [6, 6.07) is 23.5. The number of nitrogens with zero attached hydrogens (tertiary/aromatic N) is 3. The third-order valence-electron chi connectivity index (χ3n) is 6.37. The second-order valence-electron chi connectivity index (χ2n) is 8.49. The van der Waals surface area contributed by atoms with Gasteiger partial charge in [0.2, 0.25) is 0 Å². The Morgan fingerprint density at radius 2 is 1.76 bits per heavy atom. The maximum atomic E-state index is 13.4. The van der Waals surface area contributed by atoms with Gasteiger partial charge in [0, 0.05) is 12.5 Å². The summed E-state index contributed by atoms with van der Waals surface area (Å²) in [4.78, 5) is 13.4. The molecule has 0 fully saturated rings. The fourth-order valence-electron chi connectivity index (χ4n) is 4.72. The molecule has 0 bridgehead atoms. The topological polar surface area (TPSA) is 57.2 Å². The zero-order valence-corrected chi connectivity index (χ0v) is 20.0. The highest BCUT2D eigenvalue weighted by Gasteiger charge is 2.40. The molecular formula is C27H27ClN4O2. The maximum Gasteiger partial charge on any atom is 0.286 e. The van der Waals surface area contributed by atoms with E-state index in [1.54, 1.807) is 0 Å². The fourth-order valence-corrected chi connectivity index (χ4v) is 4.94. The van der Waals surface area contributed by atoms with Crippen LogP contribution in [0.3, 0.4) is 0 Å². The van der Waals surface area contributed by atoms with Gasteiger partial charge in [-0.2, -0.15) is 5.10 Å². The van der Waals surface area contributed by atoms with Crippen molar-refractivity contribution in [3.8, 4) is 5.75 Å². The van der Waals surface area contributed by atoms with E-state index in [0.29, 0.717) is 17.3 Å². The van der Waals surface area contributed by atoms with Crippen LogP contribution in [-0.4, -0.2) is 24.8 Å². The van der Waals surface area contributed by atoms with Crippen LogP contribution in [0.1, 0.15) is 31.0 Å². The number of nitrogens with one attached hydrogen (secondary N) is 1. The quantitative estimate of drug-likeness (QED) is 0.520. The molecule has 0 radical (unpaired) electrons. The molecule has 5 rings (SSSR count). The van der Waals surface area contributed by atoms with E-state index >= 15 is 0 Å². The summed E-state index contributed by atoms with van der Waals surface area (Å²) in [5.74, 6) is 0.453. The van der Waals surface area contributed by atoms with E-state index in [2.05, 4.69) is 11.5 Å². The first-order valence-electron chi connectivity index (χ1n) is 11.6. The fraction of sp³-hybridized carbons (Fsp3) is 0.259. The van der Waals surface area contributed by atoms with E-state index in [-0.39, 0.29) is 17.9 Å². The molecule has 0 aliphatic carbocycles. The SMILES string of the molecule is CCOc1ccc(C2C(C)C(C(=O)NN3CCc4ccccc43)=NN2c2ccccc2Cl)cc1. The Kier molecular flexibility index (Phi) is 6.16. The minimum atomic E-state index is -0.199. The van der Waals surface area contributed by atoms with Crippen molar-refractivity contribution in [2.75, 3.05) is 23.2 Å². The van der Waals surface area contributed by atoms with Crippen LogP contribution in [0.15, 0.2) is 77.9 Å². The number of fused-ring (bicyclic) bond motifs is 1. The lowest BCUT2D eigenvalue weighted by Gasteiger charge is -2.27. The number of anilines is 2. The lowest BCUT2D eigenvalue weighted by Crippen LogP contribution is -2.45. The van der Waals surface area contributed by atoms with Crippen LogP contribution < -0.4 is 20.2 Å². The van der Waals surface area contributed by atoms with E-state index in [1.807, 2.05) is 90.6 Å². The van der Waals surface area contributed by atoms with Crippen LogP contribution >= 0.6 is 11.6 Å². The van der Waals surface area contributed by atoms with Gasteiger partial charge in [-0.25, -0.2) is 0 Å². The summed E-state index contributed by atoms with van der Waals surface area (Å²) in [7, 11) is 0. The molecule has 0 saturated heterocycles. The normalized spacial score (nSPS) is 19.1. The maximum absolute atomic E-state index is 13.4. The Hall–Kier alpha value is -3.51. The molecule has 2 aliphatic heterocycles. The van der Waals surface area contributed by atoms with Gasteiger partial charge < -0.3 is 4.74 Å². The number of carbonyl (C=O) groups excluding carboxylic acids is 1. The van der Waals surface area contributed by atoms with Crippen LogP contribution in [0.4, 0.5) is 11.4 Å². The number of hydrogen-bond acceptors (Lipinski definition) is 5. The molecule has 1 amide bonds. The average Bonchev–Trinajstić information content (AvgIpc) is 3.41. The Labute approximate surface area is 204 Å². The molecule has 1 N–H and O–H groups in total. The van der Waals surface area contributed by atoms with E-state index in [4.69, 9.17) is 21.4 Å². The second kappa shape index (κ2) is 9.39. The standard InChI is InChI=1S/C27H27ClN4O2/c1-3-34-21-14-12-20(13-15-21)26-18(2)25(29-32(26)24-11-7-5-9-22(24)28)27(33)30-31-17-16-19-8-4-6-10-23(19)31/h4-15,18,26H,3,16-17H2,1-2H3,(H,30,33). The summed E-state index contributed by atoms with van der Waals surface area (Å²) in [5, 5.41) is 9.18. The largest absolute Gasteiger partial charge is 0.494 e. The molecule has 7 heteroatoms. The molecule has 0 spiro atoms. The number of hydrazine groups is 1. The van der Waals surface area contributed by atoms with Crippen LogP contribution in [0.2, 0.25) is 5.02 Å². The van der Waals surface area contributed by atoms with Gasteiger partial charge in [0.15, 0.2) is 0 Å². The lowest BCUT2D eigenvalue weighted by molar-refractivity contribution is -0.115. The number of ether oxygens (including phenoxy) is 1. The minimum absolute atomic E-state index is 0.160. The molecular weight excluding hydrogens is 448 g/mol. The molecule has 2 unspecified atom stereocenters. The summed E-state index contributed by atoms with van der Waals surface area (Å²) in [6.45, 7) is 5.35. The molecule has 0 saturated carbocycles. The first-order chi connectivity index (χ1) is 16.6. The van der Waals surface area contributed by atoms with Gasteiger partial charge in [0.25, 0.3) is 5.91 Å². The molecule has 174 valence electrons. The minimum Gasteiger partial charge on any atom is -0.494 e. The van der Waals surface area contributed by atoms with Crippen molar-refractivity contribution in [2.24, 2.45) is 11.0 Å². The number of amides is 1. The van der Waals surface area contributed by atoms with Gasteiger partial charge in [0.05, 0.1) is 29.0 Å². The Morgan fingerprint density at radius 3 is 2.50 bits per heavy atom. The van der Waals surface area contributed by atoms with Gasteiger partial charge in [-0.05, 0) is 54.8 Å². The van der Waals surface area contributed by atoms with Crippen molar-refractivity contribution >= 4 is 34.6 Å². The van der Waals surface area contributed by atoms with E-state index in [1.165, 1.54) is 5.56 Å². The van der Waals surface area contributed by atoms with Gasteiger partial charge in [0.1, 0.15) is 11.5 Å². The Balaban J connectivity index is 1.46. The summed E-state index contributed by atoms with van der Waals surface area (Å²) < 4.78 is 5.61. The molecule has 6 nitrogen and oxygen atoms in total. The molecule has 2 aliphatic rings.